The fourth-order valence-electron chi connectivity index (χ4n) is 3.29. The molecule has 0 aliphatic heterocycles. The smallest absolute Gasteiger partial charge is 0.416 e. The zero-order chi connectivity index (χ0) is 24.5. The van der Waals surface area contributed by atoms with Crippen LogP contribution in [0.2, 0.25) is 10.0 Å². The van der Waals surface area contributed by atoms with Crippen LogP contribution in [0.3, 0.4) is 0 Å². The van der Waals surface area contributed by atoms with Crippen molar-refractivity contribution in [1.82, 2.24) is 9.78 Å². The Morgan fingerprint density at radius 1 is 0.971 bits per heavy atom. The van der Waals surface area contributed by atoms with Crippen LogP contribution in [-0.4, -0.2) is 20.9 Å². The highest BCUT2D eigenvalue weighted by atomic mass is 35.5. The molecule has 0 amide bonds. The summed E-state index contributed by atoms with van der Waals surface area (Å²) >= 11 is 12.0. The molecule has 10 heteroatoms. The first-order chi connectivity index (χ1) is 16.1. The largest absolute Gasteiger partial charge is 0.478 e. The maximum Gasteiger partial charge on any atom is 0.416 e. The summed E-state index contributed by atoms with van der Waals surface area (Å²) in [4.78, 5) is 11.2. The number of carboxylic acids is 1. The van der Waals surface area contributed by atoms with Gasteiger partial charge in [0.15, 0.2) is 0 Å². The van der Waals surface area contributed by atoms with Gasteiger partial charge in [0.05, 0.1) is 32.6 Å². The van der Waals surface area contributed by atoms with Crippen LogP contribution in [0.1, 0.15) is 21.5 Å². The lowest BCUT2D eigenvalue weighted by atomic mass is 10.1. The average molecular weight is 506 g/mol. The fourth-order valence-corrected chi connectivity index (χ4v) is 3.59. The van der Waals surface area contributed by atoms with Crippen molar-refractivity contribution < 1.29 is 23.1 Å². The first kappa shape index (κ1) is 23.7. The molecule has 0 atom stereocenters. The molecule has 174 valence electrons. The number of hydrogen-bond donors (Lipinski definition) is 2. The van der Waals surface area contributed by atoms with E-state index in [-0.39, 0.29) is 5.56 Å². The van der Waals surface area contributed by atoms with Crippen molar-refractivity contribution in [3.63, 3.8) is 0 Å². The van der Waals surface area contributed by atoms with Gasteiger partial charge in [0, 0.05) is 29.6 Å². The third-order valence-electron chi connectivity index (χ3n) is 5.06. The SMILES string of the molecule is O=C(O)c1ccc(-c2nn(-c3ccc(C(F)(F)F)cc3)cc2CNc2ccc(Cl)c(Cl)c2)cc1. The molecule has 5 nitrogen and oxygen atoms in total. The summed E-state index contributed by atoms with van der Waals surface area (Å²) in [6, 6.07) is 15.9. The van der Waals surface area contributed by atoms with Gasteiger partial charge in [-0.15, -0.1) is 0 Å². The van der Waals surface area contributed by atoms with E-state index in [2.05, 4.69) is 10.4 Å². The van der Waals surface area contributed by atoms with Crippen LogP contribution in [0.4, 0.5) is 18.9 Å². The Bertz CT molecular complexity index is 1340. The lowest BCUT2D eigenvalue weighted by molar-refractivity contribution is -0.137. The van der Waals surface area contributed by atoms with Crippen LogP contribution < -0.4 is 5.32 Å². The zero-order valence-electron chi connectivity index (χ0n) is 17.3. The Balaban J connectivity index is 1.69. The summed E-state index contributed by atoms with van der Waals surface area (Å²) in [6.07, 6.45) is -2.73. The summed E-state index contributed by atoms with van der Waals surface area (Å²) < 4.78 is 40.3. The molecular weight excluding hydrogens is 490 g/mol. The number of alkyl halides is 3. The van der Waals surface area contributed by atoms with E-state index < -0.39 is 17.7 Å². The molecule has 0 aliphatic carbocycles. The van der Waals surface area contributed by atoms with Crippen LogP contribution in [-0.2, 0) is 12.7 Å². The zero-order valence-corrected chi connectivity index (χ0v) is 18.8. The van der Waals surface area contributed by atoms with E-state index in [0.29, 0.717) is 39.2 Å². The molecule has 4 rings (SSSR count). The predicted octanol–water partition coefficient (Wildman–Crippen LogP) is 7.18. The first-order valence-electron chi connectivity index (χ1n) is 9.90. The molecule has 0 saturated heterocycles. The van der Waals surface area contributed by atoms with E-state index in [1.165, 1.54) is 28.9 Å². The van der Waals surface area contributed by atoms with Crippen LogP contribution in [0.25, 0.3) is 16.9 Å². The van der Waals surface area contributed by atoms with Crippen LogP contribution in [0.15, 0.2) is 72.9 Å². The Morgan fingerprint density at radius 2 is 1.65 bits per heavy atom. The van der Waals surface area contributed by atoms with Gasteiger partial charge in [0.1, 0.15) is 0 Å². The number of aromatic nitrogens is 2. The average Bonchev–Trinajstić information content (AvgIpc) is 3.24. The standard InChI is InChI=1S/C24H16Cl2F3N3O2/c25-20-10-7-18(11-21(20)26)30-12-16-13-32(19-8-5-17(6-9-19)24(27,28)29)31-22(16)14-1-3-15(4-2-14)23(33)34/h1-11,13,30H,12H2,(H,33,34). The van der Waals surface area contributed by atoms with Gasteiger partial charge in [0.25, 0.3) is 0 Å². The summed E-state index contributed by atoms with van der Waals surface area (Å²) in [5.41, 5.74) is 2.46. The van der Waals surface area contributed by atoms with Crippen molar-refractivity contribution >= 4 is 34.9 Å². The molecule has 1 aromatic heterocycles. The second-order valence-electron chi connectivity index (χ2n) is 7.36. The van der Waals surface area contributed by atoms with Crippen molar-refractivity contribution in [1.29, 1.82) is 0 Å². The van der Waals surface area contributed by atoms with Gasteiger partial charge in [-0.2, -0.15) is 18.3 Å². The highest BCUT2D eigenvalue weighted by molar-refractivity contribution is 6.42. The van der Waals surface area contributed by atoms with Crippen molar-refractivity contribution in [3.8, 4) is 16.9 Å². The van der Waals surface area contributed by atoms with Gasteiger partial charge in [-0.3, -0.25) is 0 Å². The van der Waals surface area contributed by atoms with E-state index in [9.17, 15) is 18.0 Å². The van der Waals surface area contributed by atoms with Gasteiger partial charge in [-0.1, -0.05) is 35.3 Å². The maximum absolute atomic E-state index is 12.9. The molecule has 0 radical (unpaired) electrons. The third-order valence-corrected chi connectivity index (χ3v) is 5.80. The predicted molar refractivity (Wildman–Crippen MR) is 125 cm³/mol. The van der Waals surface area contributed by atoms with E-state index in [1.807, 2.05) is 0 Å². The molecular formula is C24H16Cl2F3N3O2. The normalized spacial score (nSPS) is 11.4. The molecule has 2 N–H and O–H groups in total. The summed E-state index contributed by atoms with van der Waals surface area (Å²) in [5, 5.41) is 17.7. The summed E-state index contributed by atoms with van der Waals surface area (Å²) in [5.74, 6) is -1.05. The number of nitrogens with one attached hydrogen (secondary N) is 1. The minimum Gasteiger partial charge on any atom is -0.478 e. The topological polar surface area (TPSA) is 67.1 Å². The van der Waals surface area contributed by atoms with Gasteiger partial charge in [-0.05, 0) is 54.6 Å². The van der Waals surface area contributed by atoms with Crippen molar-refractivity contribution in [2.75, 3.05) is 5.32 Å². The number of carboxylic acid groups (broad SMARTS) is 1. The van der Waals surface area contributed by atoms with Crippen LogP contribution in [0, 0.1) is 0 Å². The van der Waals surface area contributed by atoms with Crippen LogP contribution in [0.5, 0.6) is 0 Å². The van der Waals surface area contributed by atoms with Crippen molar-refractivity contribution in [3.05, 3.63) is 99.7 Å². The molecule has 0 unspecified atom stereocenters. The number of halogens is 5. The molecule has 1 heterocycles. The molecule has 0 bridgehead atoms. The van der Waals surface area contributed by atoms with E-state index >= 15 is 0 Å². The van der Waals surface area contributed by atoms with Crippen molar-refractivity contribution in [2.24, 2.45) is 0 Å². The highest BCUT2D eigenvalue weighted by Gasteiger charge is 2.30. The quantitative estimate of drug-likeness (QED) is 0.291. The number of nitrogens with zero attached hydrogens (tertiary/aromatic N) is 2. The van der Waals surface area contributed by atoms with Gasteiger partial charge < -0.3 is 10.4 Å². The van der Waals surface area contributed by atoms with E-state index in [1.54, 1.807) is 36.5 Å². The van der Waals surface area contributed by atoms with E-state index in [4.69, 9.17) is 28.3 Å². The second-order valence-corrected chi connectivity index (χ2v) is 8.17. The first-order valence-corrected chi connectivity index (χ1v) is 10.7. The summed E-state index contributed by atoms with van der Waals surface area (Å²) in [7, 11) is 0. The number of rotatable bonds is 6. The molecule has 0 spiro atoms. The number of benzene rings is 3. The number of hydrogen-bond acceptors (Lipinski definition) is 3. The van der Waals surface area contributed by atoms with Gasteiger partial charge in [-0.25, -0.2) is 9.48 Å². The maximum atomic E-state index is 12.9. The Kier molecular flexibility index (Phi) is 6.54. The number of anilines is 1. The monoisotopic (exact) mass is 505 g/mol. The summed E-state index contributed by atoms with van der Waals surface area (Å²) in [6.45, 7) is 0.314. The van der Waals surface area contributed by atoms with E-state index in [0.717, 1.165) is 17.7 Å². The van der Waals surface area contributed by atoms with Gasteiger partial charge in [0.2, 0.25) is 0 Å². The molecule has 4 aromatic rings. The second kappa shape index (κ2) is 9.40. The minimum absolute atomic E-state index is 0.126. The van der Waals surface area contributed by atoms with Crippen molar-refractivity contribution in [2.45, 2.75) is 12.7 Å². The Hall–Kier alpha value is -3.49. The molecule has 3 aromatic carbocycles. The third kappa shape index (κ3) is 5.18. The minimum atomic E-state index is -4.44. The number of aromatic carboxylic acids is 1. The lowest BCUT2D eigenvalue weighted by Gasteiger charge is -2.08. The molecule has 0 aliphatic rings. The lowest BCUT2D eigenvalue weighted by Crippen LogP contribution is -2.05. The van der Waals surface area contributed by atoms with Crippen LogP contribution >= 0.6 is 23.2 Å². The number of carbonyl (C=O) groups is 1. The Labute approximate surface area is 202 Å². The molecule has 34 heavy (non-hydrogen) atoms. The fraction of sp³-hybridized carbons (Fsp3) is 0.0833. The molecule has 0 saturated carbocycles. The van der Waals surface area contributed by atoms with Gasteiger partial charge >= 0.3 is 12.1 Å². The highest BCUT2D eigenvalue weighted by Crippen LogP contribution is 2.31. The Morgan fingerprint density at radius 3 is 2.24 bits per heavy atom. The molecule has 0 fully saturated rings.